The second-order valence-electron chi connectivity index (χ2n) is 5.17. The lowest BCUT2D eigenvalue weighted by atomic mass is 9.97. The average Bonchev–Trinajstić information content (AvgIpc) is 2.73. The molecule has 0 spiro atoms. The molecule has 102 valence electrons. The third-order valence-corrected chi connectivity index (χ3v) is 3.78. The number of hydrogen-bond donors (Lipinski definition) is 1. The second kappa shape index (κ2) is 6.36. The molecule has 1 aromatic rings. The van der Waals surface area contributed by atoms with E-state index in [2.05, 4.69) is 11.0 Å². The van der Waals surface area contributed by atoms with Gasteiger partial charge in [0.2, 0.25) is 0 Å². The van der Waals surface area contributed by atoms with Crippen molar-refractivity contribution < 1.29 is 9.15 Å². The zero-order valence-electron chi connectivity index (χ0n) is 11.4. The van der Waals surface area contributed by atoms with E-state index < -0.39 is 0 Å². The summed E-state index contributed by atoms with van der Waals surface area (Å²) in [6.07, 6.45) is 2.46. The summed E-state index contributed by atoms with van der Waals surface area (Å²) in [4.78, 5) is 2.49. The summed E-state index contributed by atoms with van der Waals surface area (Å²) < 4.78 is 10.8. The van der Waals surface area contributed by atoms with Crippen molar-refractivity contribution in [2.24, 2.45) is 11.7 Å². The Bertz CT molecular complexity index is 368. The highest BCUT2D eigenvalue weighted by Gasteiger charge is 2.20. The van der Waals surface area contributed by atoms with Crippen LogP contribution in [0.3, 0.4) is 0 Å². The Morgan fingerprint density at radius 1 is 1.44 bits per heavy atom. The monoisotopic (exact) mass is 252 g/mol. The zero-order valence-corrected chi connectivity index (χ0v) is 11.4. The van der Waals surface area contributed by atoms with E-state index in [1.165, 1.54) is 18.4 Å². The molecule has 2 heterocycles. The highest BCUT2D eigenvalue weighted by atomic mass is 16.5. The minimum absolute atomic E-state index is 0.483. The number of furan rings is 1. The van der Waals surface area contributed by atoms with Crippen molar-refractivity contribution in [2.75, 3.05) is 26.8 Å². The molecule has 0 saturated carbocycles. The molecule has 4 nitrogen and oxygen atoms in total. The van der Waals surface area contributed by atoms with Crippen LogP contribution >= 0.6 is 0 Å². The summed E-state index contributed by atoms with van der Waals surface area (Å²) in [5, 5.41) is 0. The molecule has 18 heavy (non-hydrogen) atoms. The van der Waals surface area contributed by atoms with Crippen molar-refractivity contribution in [3.8, 4) is 0 Å². The summed E-state index contributed by atoms with van der Waals surface area (Å²) in [6.45, 7) is 6.68. The van der Waals surface area contributed by atoms with Crippen molar-refractivity contribution in [3.63, 3.8) is 0 Å². The molecule has 0 aromatic carbocycles. The lowest BCUT2D eigenvalue weighted by Crippen LogP contribution is -2.34. The SMILES string of the molecule is COCC1CCN(Cc2cc(CN)oc2C)CC1. The van der Waals surface area contributed by atoms with Crippen LogP contribution in [-0.4, -0.2) is 31.7 Å². The lowest BCUT2D eigenvalue weighted by molar-refractivity contribution is 0.0966. The number of likely N-dealkylation sites (tertiary alicyclic amines) is 1. The van der Waals surface area contributed by atoms with Gasteiger partial charge in [-0.25, -0.2) is 0 Å². The van der Waals surface area contributed by atoms with Gasteiger partial charge < -0.3 is 14.9 Å². The Labute approximate surface area is 109 Å². The van der Waals surface area contributed by atoms with E-state index in [9.17, 15) is 0 Å². The number of nitrogens with zero attached hydrogens (tertiary/aromatic N) is 1. The molecular weight excluding hydrogens is 228 g/mol. The summed E-state index contributed by atoms with van der Waals surface area (Å²) >= 11 is 0. The quantitative estimate of drug-likeness (QED) is 0.869. The van der Waals surface area contributed by atoms with Gasteiger partial charge in [0.05, 0.1) is 6.54 Å². The number of aryl methyl sites for hydroxylation is 1. The predicted molar refractivity (Wildman–Crippen MR) is 71.2 cm³/mol. The maximum Gasteiger partial charge on any atom is 0.118 e. The summed E-state index contributed by atoms with van der Waals surface area (Å²) in [5.74, 6) is 2.63. The van der Waals surface area contributed by atoms with Gasteiger partial charge in [0.25, 0.3) is 0 Å². The number of rotatable bonds is 5. The first-order chi connectivity index (χ1) is 8.72. The van der Waals surface area contributed by atoms with Crippen LogP contribution in [0.15, 0.2) is 10.5 Å². The van der Waals surface area contributed by atoms with Crippen molar-refractivity contribution in [2.45, 2.75) is 32.9 Å². The first kappa shape index (κ1) is 13.6. The van der Waals surface area contributed by atoms with Gasteiger partial charge >= 0.3 is 0 Å². The van der Waals surface area contributed by atoms with Crippen LogP contribution in [0.2, 0.25) is 0 Å². The molecule has 1 aliphatic rings. The van der Waals surface area contributed by atoms with Gasteiger partial charge in [-0.15, -0.1) is 0 Å². The van der Waals surface area contributed by atoms with Gasteiger partial charge in [-0.1, -0.05) is 0 Å². The third kappa shape index (κ3) is 3.34. The highest BCUT2D eigenvalue weighted by Crippen LogP contribution is 2.21. The predicted octanol–water partition coefficient (Wildman–Crippen LogP) is 1.91. The van der Waals surface area contributed by atoms with Gasteiger partial charge in [-0.05, 0) is 44.8 Å². The van der Waals surface area contributed by atoms with Gasteiger partial charge in [0.15, 0.2) is 0 Å². The van der Waals surface area contributed by atoms with Gasteiger partial charge in [-0.2, -0.15) is 0 Å². The standard InChI is InChI=1S/C14H24N2O2/c1-11-13(7-14(8-15)18-11)9-16-5-3-12(4-6-16)10-17-2/h7,12H,3-6,8-10,15H2,1-2H3. The fourth-order valence-electron chi connectivity index (χ4n) is 2.63. The van der Waals surface area contributed by atoms with E-state index in [-0.39, 0.29) is 0 Å². The van der Waals surface area contributed by atoms with E-state index in [1.807, 2.05) is 6.92 Å². The Kier molecular flexibility index (Phi) is 4.80. The lowest BCUT2D eigenvalue weighted by Gasteiger charge is -2.31. The van der Waals surface area contributed by atoms with Crippen molar-refractivity contribution >= 4 is 0 Å². The largest absolute Gasteiger partial charge is 0.465 e. The van der Waals surface area contributed by atoms with Crippen molar-refractivity contribution in [3.05, 3.63) is 23.2 Å². The molecular formula is C14H24N2O2. The molecule has 1 fully saturated rings. The van der Waals surface area contributed by atoms with Crippen LogP contribution in [0.25, 0.3) is 0 Å². The van der Waals surface area contributed by atoms with E-state index >= 15 is 0 Å². The topological polar surface area (TPSA) is 51.6 Å². The van der Waals surface area contributed by atoms with Crippen LogP contribution in [0.5, 0.6) is 0 Å². The number of hydrogen-bond acceptors (Lipinski definition) is 4. The smallest absolute Gasteiger partial charge is 0.118 e. The van der Waals surface area contributed by atoms with E-state index in [1.54, 1.807) is 7.11 Å². The van der Waals surface area contributed by atoms with Crippen molar-refractivity contribution in [1.29, 1.82) is 0 Å². The maximum absolute atomic E-state index is 5.60. The fourth-order valence-corrected chi connectivity index (χ4v) is 2.63. The molecule has 1 aromatic heterocycles. The molecule has 4 heteroatoms. The number of methoxy groups -OCH3 is 1. The molecule has 2 N–H and O–H groups in total. The van der Waals surface area contributed by atoms with E-state index in [4.69, 9.17) is 14.9 Å². The molecule has 2 rings (SSSR count). The molecule has 1 aliphatic heterocycles. The highest BCUT2D eigenvalue weighted by molar-refractivity contribution is 5.20. The Morgan fingerprint density at radius 2 is 2.17 bits per heavy atom. The van der Waals surface area contributed by atoms with E-state index in [0.29, 0.717) is 6.54 Å². The summed E-state index contributed by atoms with van der Waals surface area (Å²) in [5.41, 5.74) is 6.87. The van der Waals surface area contributed by atoms with Crippen molar-refractivity contribution in [1.82, 2.24) is 4.90 Å². The molecule has 0 unspecified atom stereocenters. The molecule has 0 radical (unpaired) electrons. The Morgan fingerprint density at radius 3 is 2.72 bits per heavy atom. The van der Waals surface area contributed by atoms with Crippen LogP contribution in [-0.2, 0) is 17.8 Å². The zero-order chi connectivity index (χ0) is 13.0. The van der Waals surface area contributed by atoms with E-state index in [0.717, 1.165) is 43.7 Å². The van der Waals surface area contributed by atoms with Gasteiger partial charge in [0, 0.05) is 25.8 Å². The number of nitrogens with two attached hydrogens (primary N) is 1. The minimum atomic E-state index is 0.483. The van der Waals surface area contributed by atoms with Gasteiger partial charge in [-0.3, -0.25) is 4.90 Å². The Balaban J connectivity index is 1.85. The first-order valence-electron chi connectivity index (χ1n) is 6.72. The van der Waals surface area contributed by atoms with Crippen LogP contribution in [0.4, 0.5) is 0 Å². The third-order valence-electron chi connectivity index (χ3n) is 3.78. The van der Waals surface area contributed by atoms with Crippen LogP contribution in [0, 0.1) is 12.8 Å². The number of ether oxygens (including phenoxy) is 1. The average molecular weight is 252 g/mol. The summed E-state index contributed by atoms with van der Waals surface area (Å²) in [7, 11) is 1.79. The van der Waals surface area contributed by atoms with Gasteiger partial charge in [0.1, 0.15) is 11.5 Å². The molecule has 1 saturated heterocycles. The van der Waals surface area contributed by atoms with Crippen LogP contribution in [0.1, 0.15) is 29.9 Å². The second-order valence-corrected chi connectivity index (χ2v) is 5.17. The summed E-state index contributed by atoms with van der Waals surface area (Å²) in [6, 6.07) is 2.09. The first-order valence-corrected chi connectivity index (χ1v) is 6.72. The Hall–Kier alpha value is -0.840. The molecule has 0 atom stereocenters. The maximum atomic E-state index is 5.60. The molecule has 0 aliphatic carbocycles. The van der Waals surface area contributed by atoms with Crippen LogP contribution < -0.4 is 5.73 Å². The molecule has 0 amide bonds. The normalized spacial score (nSPS) is 18.4. The molecule has 0 bridgehead atoms. The minimum Gasteiger partial charge on any atom is -0.465 e. The fraction of sp³-hybridized carbons (Fsp3) is 0.714. The number of piperidine rings is 1.